The Morgan fingerprint density at radius 3 is 2.83 bits per heavy atom. The quantitative estimate of drug-likeness (QED) is 0.786. The van der Waals surface area contributed by atoms with Gasteiger partial charge in [-0.3, -0.25) is 14.6 Å². The van der Waals surface area contributed by atoms with E-state index in [0.717, 1.165) is 43.8 Å². The SMILES string of the molecule is Cn1cc(N2CCN(Cc3cccc4[nH]c(=O)oc34)CC2)cn1. The number of aromatic amines is 1. The average molecular weight is 313 g/mol. The van der Waals surface area contributed by atoms with Crippen LogP contribution < -0.4 is 10.7 Å². The summed E-state index contributed by atoms with van der Waals surface area (Å²) in [6, 6.07) is 5.84. The number of fused-ring (bicyclic) bond motifs is 1. The molecule has 7 nitrogen and oxygen atoms in total. The molecule has 0 spiro atoms. The Hall–Kier alpha value is -2.54. The topological polar surface area (TPSA) is 70.3 Å². The summed E-state index contributed by atoms with van der Waals surface area (Å²) < 4.78 is 7.10. The van der Waals surface area contributed by atoms with Gasteiger partial charge < -0.3 is 9.32 Å². The first kappa shape index (κ1) is 14.1. The minimum absolute atomic E-state index is 0.395. The van der Waals surface area contributed by atoms with Crippen molar-refractivity contribution in [1.29, 1.82) is 0 Å². The van der Waals surface area contributed by atoms with Crippen molar-refractivity contribution in [3.05, 3.63) is 46.7 Å². The Labute approximate surface area is 133 Å². The minimum Gasteiger partial charge on any atom is -0.408 e. The van der Waals surface area contributed by atoms with Crippen LogP contribution in [-0.2, 0) is 13.6 Å². The lowest BCUT2D eigenvalue weighted by molar-refractivity contribution is 0.250. The first-order valence-electron chi connectivity index (χ1n) is 7.76. The number of anilines is 1. The van der Waals surface area contributed by atoms with Crippen molar-refractivity contribution in [2.24, 2.45) is 7.05 Å². The Kier molecular flexibility index (Phi) is 3.42. The monoisotopic (exact) mass is 313 g/mol. The van der Waals surface area contributed by atoms with Crippen molar-refractivity contribution in [3.63, 3.8) is 0 Å². The Balaban J connectivity index is 1.45. The first-order chi connectivity index (χ1) is 11.2. The molecule has 0 radical (unpaired) electrons. The molecule has 0 aliphatic carbocycles. The molecular weight excluding hydrogens is 294 g/mol. The Bertz CT molecular complexity index is 870. The molecule has 0 unspecified atom stereocenters. The number of aromatic nitrogens is 3. The number of aryl methyl sites for hydroxylation is 1. The fraction of sp³-hybridized carbons (Fsp3) is 0.375. The van der Waals surface area contributed by atoms with Crippen LogP contribution in [0.4, 0.5) is 5.69 Å². The van der Waals surface area contributed by atoms with Crippen LogP contribution in [0, 0.1) is 0 Å². The smallest absolute Gasteiger partial charge is 0.408 e. The molecule has 4 rings (SSSR count). The molecular formula is C16H19N5O2. The molecule has 0 saturated carbocycles. The molecule has 3 aromatic rings. The van der Waals surface area contributed by atoms with Crippen LogP contribution >= 0.6 is 0 Å². The van der Waals surface area contributed by atoms with Gasteiger partial charge in [0.1, 0.15) is 0 Å². The predicted octanol–water partition coefficient (Wildman–Crippen LogP) is 1.18. The van der Waals surface area contributed by atoms with Crippen LogP contribution in [0.5, 0.6) is 0 Å². The van der Waals surface area contributed by atoms with Crippen LogP contribution in [0.25, 0.3) is 11.1 Å². The van der Waals surface area contributed by atoms with Crippen LogP contribution in [0.15, 0.2) is 39.8 Å². The Morgan fingerprint density at radius 1 is 1.26 bits per heavy atom. The fourth-order valence-corrected chi connectivity index (χ4v) is 3.13. The van der Waals surface area contributed by atoms with Crippen molar-refractivity contribution < 1.29 is 4.42 Å². The third kappa shape index (κ3) is 2.75. The number of nitrogens with one attached hydrogen (secondary N) is 1. The highest BCUT2D eigenvalue weighted by molar-refractivity contribution is 5.75. The average Bonchev–Trinajstić information content (AvgIpc) is 3.14. The summed E-state index contributed by atoms with van der Waals surface area (Å²) in [6.45, 7) is 4.68. The molecule has 1 N–H and O–H groups in total. The van der Waals surface area contributed by atoms with E-state index in [4.69, 9.17) is 4.42 Å². The van der Waals surface area contributed by atoms with Crippen LogP contribution in [0.1, 0.15) is 5.56 Å². The van der Waals surface area contributed by atoms with E-state index in [1.54, 1.807) is 0 Å². The van der Waals surface area contributed by atoms with Gasteiger partial charge in [-0.1, -0.05) is 12.1 Å². The highest BCUT2D eigenvalue weighted by atomic mass is 16.4. The van der Waals surface area contributed by atoms with E-state index in [0.29, 0.717) is 5.58 Å². The largest absolute Gasteiger partial charge is 0.417 e. The second-order valence-electron chi connectivity index (χ2n) is 5.94. The van der Waals surface area contributed by atoms with Gasteiger partial charge in [0.25, 0.3) is 0 Å². The number of H-pyrrole nitrogens is 1. The van der Waals surface area contributed by atoms with Gasteiger partial charge in [-0.15, -0.1) is 0 Å². The van der Waals surface area contributed by atoms with E-state index < -0.39 is 5.76 Å². The zero-order valence-electron chi connectivity index (χ0n) is 13.0. The number of para-hydroxylation sites is 1. The highest BCUT2D eigenvalue weighted by Gasteiger charge is 2.19. The van der Waals surface area contributed by atoms with E-state index in [2.05, 4.69) is 19.9 Å². The van der Waals surface area contributed by atoms with Gasteiger partial charge in [-0.05, 0) is 6.07 Å². The lowest BCUT2D eigenvalue weighted by atomic mass is 10.1. The van der Waals surface area contributed by atoms with Gasteiger partial charge in [0.15, 0.2) is 5.58 Å². The molecule has 3 heterocycles. The van der Waals surface area contributed by atoms with Gasteiger partial charge in [-0.25, -0.2) is 4.79 Å². The van der Waals surface area contributed by atoms with E-state index in [9.17, 15) is 4.79 Å². The zero-order valence-corrected chi connectivity index (χ0v) is 13.0. The maximum absolute atomic E-state index is 11.4. The Morgan fingerprint density at radius 2 is 2.09 bits per heavy atom. The van der Waals surface area contributed by atoms with Crippen molar-refractivity contribution in [3.8, 4) is 0 Å². The van der Waals surface area contributed by atoms with Crippen molar-refractivity contribution in [2.45, 2.75) is 6.54 Å². The molecule has 1 aliphatic heterocycles. The number of hydrogen-bond donors (Lipinski definition) is 1. The van der Waals surface area contributed by atoms with Crippen LogP contribution in [-0.4, -0.2) is 45.8 Å². The molecule has 120 valence electrons. The van der Waals surface area contributed by atoms with E-state index >= 15 is 0 Å². The molecule has 0 atom stereocenters. The maximum Gasteiger partial charge on any atom is 0.417 e. The van der Waals surface area contributed by atoms with Gasteiger partial charge in [0, 0.05) is 51.5 Å². The maximum atomic E-state index is 11.4. The van der Waals surface area contributed by atoms with Gasteiger partial charge in [-0.2, -0.15) is 5.10 Å². The van der Waals surface area contributed by atoms with Crippen LogP contribution in [0.2, 0.25) is 0 Å². The standard InChI is InChI=1S/C16H19N5O2/c1-19-11-13(9-17-19)21-7-5-20(6-8-21)10-12-3-2-4-14-15(12)23-16(22)18-14/h2-4,9,11H,5-8,10H2,1H3,(H,18,22). The summed E-state index contributed by atoms with van der Waals surface area (Å²) in [5.41, 5.74) is 3.66. The summed E-state index contributed by atoms with van der Waals surface area (Å²) in [5, 5.41) is 4.23. The zero-order chi connectivity index (χ0) is 15.8. The normalized spacial score (nSPS) is 16.3. The molecule has 1 fully saturated rings. The predicted molar refractivity (Wildman–Crippen MR) is 87.5 cm³/mol. The molecule has 0 bridgehead atoms. The summed E-state index contributed by atoms with van der Waals surface area (Å²) in [4.78, 5) is 18.8. The molecule has 2 aromatic heterocycles. The number of nitrogens with zero attached hydrogens (tertiary/aromatic N) is 4. The molecule has 1 aromatic carbocycles. The van der Waals surface area contributed by atoms with Crippen molar-refractivity contribution >= 4 is 16.8 Å². The molecule has 1 aliphatic rings. The second kappa shape index (κ2) is 5.58. The number of benzene rings is 1. The summed E-state index contributed by atoms with van der Waals surface area (Å²) in [5.74, 6) is -0.395. The third-order valence-corrected chi connectivity index (χ3v) is 4.35. The summed E-state index contributed by atoms with van der Waals surface area (Å²) in [6.07, 6.45) is 3.95. The minimum atomic E-state index is -0.395. The summed E-state index contributed by atoms with van der Waals surface area (Å²) >= 11 is 0. The third-order valence-electron chi connectivity index (χ3n) is 4.35. The van der Waals surface area contributed by atoms with E-state index in [-0.39, 0.29) is 0 Å². The van der Waals surface area contributed by atoms with Crippen molar-refractivity contribution in [2.75, 3.05) is 31.1 Å². The fourth-order valence-electron chi connectivity index (χ4n) is 3.13. The number of oxazole rings is 1. The molecule has 1 saturated heterocycles. The molecule has 7 heteroatoms. The highest BCUT2D eigenvalue weighted by Crippen LogP contribution is 2.20. The number of rotatable bonds is 3. The molecule has 0 amide bonds. The van der Waals surface area contributed by atoms with Gasteiger partial charge in [0.2, 0.25) is 0 Å². The van der Waals surface area contributed by atoms with Gasteiger partial charge in [0.05, 0.1) is 17.4 Å². The number of hydrogen-bond acceptors (Lipinski definition) is 5. The van der Waals surface area contributed by atoms with Gasteiger partial charge >= 0.3 is 5.76 Å². The summed E-state index contributed by atoms with van der Waals surface area (Å²) in [7, 11) is 1.94. The second-order valence-corrected chi connectivity index (χ2v) is 5.94. The van der Waals surface area contributed by atoms with E-state index in [1.165, 1.54) is 5.69 Å². The lowest BCUT2D eigenvalue weighted by Crippen LogP contribution is -2.45. The lowest BCUT2D eigenvalue weighted by Gasteiger charge is -2.35. The van der Waals surface area contributed by atoms with E-state index in [1.807, 2.05) is 42.3 Å². The number of piperazine rings is 1. The van der Waals surface area contributed by atoms with Crippen molar-refractivity contribution in [1.82, 2.24) is 19.7 Å². The first-order valence-corrected chi connectivity index (χ1v) is 7.76. The van der Waals surface area contributed by atoms with Crippen LogP contribution in [0.3, 0.4) is 0 Å². The molecule has 23 heavy (non-hydrogen) atoms.